The van der Waals surface area contributed by atoms with Crippen LogP contribution in [0.2, 0.25) is 0 Å². The first-order valence-electron chi connectivity index (χ1n) is 6.71. The molecular weight excluding hydrogens is 333 g/mol. The number of anilines is 1. The fraction of sp³-hybridized carbons (Fsp3) is 0.429. The predicted octanol–water partition coefficient (Wildman–Crippen LogP) is 1.89. The summed E-state index contributed by atoms with van der Waals surface area (Å²) < 4.78 is 41.4. The number of aliphatic carboxylic acids is 1. The van der Waals surface area contributed by atoms with Gasteiger partial charge in [0.1, 0.15) is 5.75 Å². The smallest absolute Gasteiger partial charge is 0.422 e. The van der Waals surface area contributed by atoms with Crippen LogP contribution in [0.25, 0.3) is 0 Å². The van der Waals surface area contributed by atoms with Gasteiger partial charge in [0.2, 0.25) is 0 Å². The Kier molecular flexibility index (Phi) is 6.02. The SMILES string of the molecule is Cc1ccc(NC(=O)NCC(C)(O)C(=O)O)c(OCC(F)(F)F)c1. The first-order chi connectivity index (χ1) is 10.9. The zero-order chi connectivity index (χ0) is 18.5. The number of hydrogen-bond donors (Lipinski definition) is 4. The third-order valence-corrected chi connectivity index (χ3v) is 2.83. The second kappa shape index (κ2) is 7.39. The van der Waals surface area contributed by atoms with Gasteiger partial charge >= 0.3 is 18.2 Å². The third kappa shape index (κ3) is 6.32. The molecule has 134 valence electrons. The number of ether oxygens (including phenoxy) is 1. The molecule has 1 atom stereocenters. The predicted molar refractivity (Wildman–Crippen MR) is 78.0 cm³/mol. The fourth-order valence-electron chi connectivity index (χ4n) is 1.51. The van der Waals surface area contributed by atoms with Gasteiger partial charge < -0.3 is 25.6 Å². The summed E-state index contributed by atoms with van der Waals surface area (Å²) in [7, 11) is 0. The molecule has 0 aliphatic rings. The van der Waals surface area contributed by atoms with Crippen molar-refractivity contribution in [3.63, 3.8) is 0 Å². The zero-order valence-corrected chi connectivity index (χ0v) is 12.9. The molecule has 0 spiro atoms. The largest absolute Gasteiger partial charge is 0.482 e. The molecule has 1 unspecified atom stereocenters. The van der Waals surface area contributed by atoms with Gasteiger partial charge in [-0.25, -0.2) is 9.59 Å². The van der Waals surface area contributed by atoms with Crippen LogP contribution >= 0.6 is 0 Å². The molecule has 1 rings (SSSR count). The number of rotatable bonds is 6. The lowest BCUT2D eigenvalue weighted by atomic mass is 10.1. The van der Waals surface area contributed by atoms with E-state index in [1.807, 2.05) is 0 Å². The maximum Gasteiger partial charge on any atom is 0.422 e. The van der Waals surface area contributed by atoms with Crippen LogP contribution in [0.5, 0.6) is 5.75 Å². The van der Waals surface area contributed by atoms with Crippen molar-refractivity contribution in [3.8, 4) is 5.75 Å². The van der Waals surface area contributed by atoms with E-state index in [0.717, 1.165) is 6.92 Å². The number of amides is 2. The molecule has 0 saturated carbocycles. The number of carbonyl (C=O) groups is 2. The third-order valence-electron chi connectivity index (χ3n) is 2.83. The Hall–Kier alpha value is -2.49. The highest BCUT2D eigenvalue weighted by Gasteiger charge is 2.31. The summed E-state index contributed by atoms with van der Waals surface area (Å²) >= 11 is 0. The minimum Gasteiger partial charge on any atom is -0.482 e. The molecule has 0 heterocycles. The number of hydrogen-bond acceptors (Lipinski definition) is 4. The van der Waals surface area contributed by atoms with E-state index in [4.69, 9.17) is 5.11 Å². The summed E-state index contributed by atoms with van der Waals surface area (Å²) in [6, 6.07) is 3.30. The van der Waals surface area contributed by atoms with Crippen LogP contribution in [-0.2, 0) is 4.79 Å². The van der Waals surface area contributed by atoms with E-state index in [0.29, 0.717) is 5.56 Å². The summed E-state index contributed by atoms with van der Waals surface area (Å²) in [5.41, 5.74) is -1.59. The summed E-state index contributed by atoms with van der Waals surface area (Å²) in [6.45, 7) is 0.493. The maximum atomic E-state index is 12.3. The molecule has 24 heavy (non-hydrogen) atoms. The lowest BCUT2D eigenvalue weighted by molar-refractivity contribution is -0.155. The maximum absolute atomic E-state index is 12.3. The van der Waals surface area contributed by atoms with Crippen LogP contribution in [-0.4, -0.2) is 47.1 Å². The number of alkyl halides is 3. The van der Waals surface area contributed by atoms with Crippen LogP contribution in [0.15, 0.2) is 18.2 Å². The fourth-order valence-corrected chi connectivity index (χ4v) is 1.51. The number of aryl methyl sites for hydroxylation is 1. The summed E-state index contributed by atoms with van der Waals surface area (Å²) in [5, 5.41) is 22.5. The van der Waals surface area contributed by atoms with Crippen molar-refractivity contribution in [2.24, 2.45) is 0 Å². The highest BCUT2D eigenvalue weighted by atomic mass is 19.4. The second-order valence-corrected chi connectivity index (χ2v) is 5.29. The molecule has 0 bridgehead atoms. The van der Waals surface area contributed by atoms with Crippen molar-refractivity contribution in [1.82, 2.24) is 5.32 Å². The molecule has 0 saturated heterocycles. The van der Waals surface area contributed by atoms with Gasteiger partial charge in [0.05, 0.1) is 12.2 Å². The molecule has 0 aliphatic carbocycles. The number of halogens is 3. The van der Waals surface area contributed by atoms with Crippen LogP contribution in [0, 0.1) is 6.92 Å². The molecule has 0 radical (unpaired) electrons. The van der Waals surface area contributed by atoms with Crippen LogP contribution in [0.3, 0.4) is 0 Å². The molecule has 0 fully saturated rings. The van der Waals surface area contributed by atoms with E-state index in [1.165, 1.54) is 12.1 Å². The van der Waals surface area contributed by atoms with Gasteiger partial charge in [0.25, 0.3) is 0 Å². The quantitative estimate of drug-likeness (QED) is 0.627. The lowest BCUT2D eigenvalue weighted by Gasteiger charge is -2.19. The van der Waals surface area contributed by atoms with Crippen molar-refractivity contribution in [2.75, 3.05) is 18.5 Å². The Balaban J connectivity index is 2.76. The van der Waals surface area contributed by atoms with Gasteiger partial charge in [-0.2, -0.15) is 13.2 Å². The van der Waals surface area contributed by atoms with Crippen LogP contribution in [0.4, 0.5) is 23.7 Å². The van der Waals surface area contributed by atoms with Gasteiger partial charge in [-0.1, -0.05) is 6.07 Å². The number of urea groups is 1. The Morgan fingerprint density at radius 1 is 1.29 bits per heavy atom. The summed E-state index contributed by atoms with van der Waals surface area (Å²) in [6.07, 6.45) is -4.54. The normalized spacial score (nSPS) is 13.8. The van der Waals surface area contributed by atoms with Crippen molar-refractivity contribution in [2.45, 2.75) is 25.6 Å². The van der Waals surface area contributed by atoms with Crippen LogP contribution < -0.4 is 15.4 Å². The molecular formula is C14H17F3N2O5. The van der Waals surface area contributed by atoms with Gasteiger partial charge in [0, 0.05) is 0 Å². The van der Waals surface area contributed by atoms with E-state index >= 15 is 0 Å². The molecule has 4 N–H and O–H groups in total. The monoisotopic (exact) mass is 350 g/mol. The average Bonchev–Trinajstić information content (AvgIpc) is 2.44. The van der Waals surface area contributed by atoms with Crippen molar-refractivity contribution < 1.29 is 37.7 Å². The topological polar surface area (TPSA) is 108 Å². The van der Waals surface area contributed by atoms with Crippen molar-refractivity contribution >= 4 is 17.7 Å². The number of aliphatic hydroxyl groups is 1. The molecule has 0 aromatic heterocycles. The van der Waals surface area contributed by atoms with E-state index in [1.54, 1.807) is 13.0 Å². The number of carboxylic acid groups (broad SMARTS) is 1. The average molecular weight is 350 g/mol. The van der Waals surface area contributed by atoms with E-state index in [9.17, 15) is 27.9 Å². The molecule has 1 aromatic carbocycles. The molecule has 0 aliphatic heterocycles. The highest BCUT2D eigenvalue weighted by Crippen LogP contribution is 2.27. The van der Waals surface area contributed by atoms with Crippen molar-refractivity contribution in [1.29, 1.82) is 0 Å². The van der Waals surface area contributed by atoms with Gasteiger partial charge in [-0.05, 0) is 31.5 Å². The summed E-state index contributed by atoms with van der Waals surface area (Å²) in [5.74, 6) is -1.72. The molecule has 7 nitrogen and oxygen atoms in total. The minimum atomic E-state index is -4.54. The van der Waals surface area contributed by atoms with Gasteiger partial charge in [0.15, 0.2) is 12.2 Å². The second-order valence-electron chi connectivity index (χ2n) is 5.29. The van der Waals surface area contributed by atoms with E-state index < -0.39 is 36.9 Å². The Bertz CT molecular complexity index is 617. The van der Waals surface area contributed by atoms with Gasteiger partial charge in [-0.3, -0.25) is 0 Å². The molecule has 2 amide bonds. The minimum absolute atomic E-state index is 0.0303. The lowest BCUT2D eigenvalue weighted by Crippen LogP contribution is -2.47. The first kappa shape index (κ1) is 19.6. The Labute approximate surface area is 135 Å². The number of benzene rings is 1. The molecule has 10 heteroatoms. The summed E-state index contributed by atoms with van der Waals surface area (Å²) in [4.78, 5) is 22.4. The standard InChI is InChI=1S/C14H17F3N2O5/c1-8-3-4-9(10(5-8)24-7-14(15,16)17)19-12(22)18-6-13(2,23)11(20)21/h3-5,23H,6-7H2,1-2H3,(H,20,21)(H2,18,19,22). The van der Waals surface area contributed by atoms with Crippen molar-refractivity contribution in [3.05, 3.63) is 23.8 Å². The number of carbonyl (C=O) groups excluding carboxylic acids is 1. The molecule has 1 aromatic rings. The Morgan fingerprint density at radius 2 is 1.92 bits per heavy atom. The highest BCUT2D eigenvalue weighted by molar-refractivity contribution is 5.91. The van der Waals surface area contributed by atoms with Gasteiger partial charge in [-0.15, -0.1) is 0 Å². The first-order valence-corrected chi connectivity index (χ1v) is 6.71. The zero-order valence-electron chi connectivity index (χ0n) is 12.9. The van der Waals surface area contributed by atoms with Crippen LogP contribution in [0.1, 0.15) is 12.5 Å². The number of nitrogens with one attached hydrogen (secondary N) is 2. The van der Waals surface area contributed by atoms with E-state index in [-0.39, 0.29) is 11.4 Å². The van der Waals surface area contributed by atoms with E-state index in [2.05, 4.69) is 15.4 Å². The Morgan fingerprint density at radius 3 is 2.46 bits per heavy atom. The number of carboxylic acids is 1.